The minimum absolute atomic E-state index is 0.366. The second-order valence-electron chi connectivity index (χ2n) is 4.89. The molecule has 0 aliphatic carbocycles. The molecule has 1 aromatic rings. The summed E-state index contributed by atoms with van der Waals surface area (Å²) >= 11 is 5.70. The molecule has 5 heteroatoms. The molecular formula is C13H18ClNO2S. The highest BCUT2D eigenvalue weighted by Gasteiger charge is 2.28. The van der Waals surface area contributed by atoms with Crippen molar-refractivity contribution >= 4 is 21.6 Å². The summed E-state index contributed by atoms with van der Waals surface area (Å²) in [4.78, 5) is 0.366. The summed E-state index contributed by atoms with van der Waals surface area (Å²) in [6.07, 6.45) is 2.05. The van der Waals surface area contributed by atoms with Crippen molar-refractivity contribution in [3.05, 3.63) is 29.8 Å². The molecule has 1 fully saturated rings. The SMILES string of the molecule is CC1CCCN(S(=O)(=O)c2ccc(CCl)cc2)C1. The molecule has 1 aliphatic heterocycles. The molecule has 0 aromatic heterocycles. The van der Waals surface area contributed by atoms with Crippen LogP contribution in [-0.4, -0.2) is 25.8 Å². The number of piperidine rings is 1. The number of rotatable bonds is 3. The molecule has 0 N–H and O–H groups in total. The Kier molecular flexibility index (Phi) is 4.30. The average Bonchev–Trinajstić information content (AvgIpc) is 2.39. The lowest BCUT2D eigenvalue weighted by Gasteiger charge is -2.30. The zero-order valence-electron chi connectivity index (χ0n) is 10.5. The Morgan fingerprint density at radius 2 is 2.00 bits per heavy atom. The Labute approximate surface area is 114 Å². The monoisotopic (exact) mass is 287 g/mol. The van der Waals surface area contributed by atoms with E-state index in [0.29, 0.717) is 29.8 Å². The molecule has 1 aliphatic rings. The maximum atomic E-state index is 12.4. The molecule has 0 bridgehead atoms. The van der Waals surface area contributed by atoms with Crippen LogP contribution < -0.4 is 0 Å². The zero-order valence-corrected chi connectivity index (χ0v) is 12.0. The van der Waals surface area contributed by atoms with Gasteiger partial charge in [-0.05, 0) is 36.5 Å². The first-order valence-electron chi connectivity index (χ1n) is 6.19. The number of alkyl halides is 1. The standard InChI is InChI=1S/C13H18ClNO2S/c1-11-3-2-8-15(10-11)18(16,17)13-6-4-12(9-14)5-7-13/h4-7,11H,2-3,8-10H2,1H3. The molecule has 0 saturated carbocycles. The molecule has 18 heavy (non-hydrogen) atoms. The molecule has 0 amide bonds. The Morgan fingerprint density at radius 1 is 1.33 bits per heavy atom. The second kappa shape index (κ2) is 5.59. The van der Waals surface area contributed by atoms with Crippen LogP contribution in [0.25, 0.3) is 0 Å². The number of hydrogen-bond acceptors (Lipinski definition) is 2. The highest BCUT2D eigenvalue weighted by Crippen LogP contribution is 2.23. The van der Waals surface area contributed by atoms with E-state index in [4.69, 9.17) is 11.6 Å². The van der Waals surface area contributed by atoms with Crippen molar-refractivity contribution in [1.29, 1.82) is 0 Å². The minimum Gasteiger partial charge on any atom is -0.207 e. The maximum Gasteiger partial charge on any atom is 0.243 e. The summed E-state index contributed by atoms with van der Waals surface area (Å²) in [5, 5.41) is 0. The van der Waals surface area contributed by atoms with Gasteiger partial charge in [0.1, 0.15) is 0 Å². The Morgan fingerprint density at radius 3 is 2.56 bits per heavy atom. The van der Waals surface area contributed by atoms with Gasteiger partial charge in [-0.2, -0.15) is 4.31 Å². The van der Waals surface area contributed by atoms with Crippen molar-refractivity contribution < 1.29 is 8.42 Å². The van der Waals surface area contributed by atoms with Crippen LogP contribution in [0.1, 0.15) is 25.3 Å². The third-order valence-corrected chi connectivity index (χ3v) is 5.52. The molecule has 2 rings (SSSR count). The molecule has 3 nitrogen and oxygen atoms in total. The molecule has 100 valence electrons. The van der Waals surface area contributed by atoms with E-state index >= 15 is 0 Å². The second-order valence-corrected chi connectivity index (χ2v) is 7.09. The maximum absolute atomic E-state index is 12.4. The van der Waals surface area contributed by atoms with Gasteiger partial charge >= 0.3 is 0 Å². The van der Waals surface area contributed by atoms with Crippen molar-refractivity contribution in [2.24, 2.45) is 5.92 Å². The van der Waals surface area contributed by atoms with Crippen molar-refractivity contribution in [2.75, 3.05) is 13.1 Å². The summed E-state index contributed by atoms with van der Waals surface area (Å²) < 4.78 is 26.4. The first-order valence-corrected chi connectivity index (χ1v) is 8.16. The molecule has 0 radical (unpaired) electrons. The van der Waals surface area contributed by atoms with Gasteiger partial charge in [-0.3, -0.25) is 0 Å². The Hall–Kier alpha value is -0.580. The summed E-state index contributed by atoms with van der Waals surface area (Å²) in [7, 11) is -3.33. The van der Waals surface area contributed by atoms with E-state index in [2.05, 4.69) is 6.92 Å². The zero-order chi connectivity index (χ0) is 13.2. The Balaban J connectivity index is 2.23. The topological polar surface area (TPSA) is 37.4 Å². The van der Waals surface area contributed by atoms with Gasteiger partial charge in [-0.1, -0.05) is 19.1 Å². The summed E-state index contributed by atoms with van der Waals surface area (Å²) in [6, 6.07) is 6.83. The third-order valence-electron chi connectivity index (χ3n) is 3.34. The highest BCUT2D eigenvalue weighted by atomic mass is 35.5. The lowest BCUT2D eigenvalue weighted by Crippen LogP contribution is -2.39. The fourth-order valence-corrected chi connectivity index (χ4v) is 4.04. The quantitative estimate of drug-likeness (QED) is 0.802. The normalized spacial score (nSPS) is 22.0. The smallest absolute Gasteiger partial charge is 0.207 e. The molecular weight excluding hydrogens is 270 g/mol. The number of halogens is 1. The van der Waals surface area contributed by atoms with Crippen LogP contribution >= 0.6 is 11.6 Å². The molecule has 1 atom stereocenters. The van der Waals surface area contributed by atoms with Crippen molar-refractivity contribution in [3.8, 4) is 0 Å². The van der Waals surface area contributed by atoms with E-state index in [1.54, 1.807) is 28.6 Å². The summed E-state index contributed by atoms with van der Waals surface area (Å²) in [5.74, 6) is 0.844. The van der Waals surface area contributed by atoms with E-state index in [0.717, 1.165) is 18.4 Å². The predicted octanol–water partition coefficient (Wildman–Crippen LogP) is 2.85. The largest absolute Gasteiger partial charge is 0.243 e. The van der Waals surface area contributed by atoms with Crippen LogP contribution in [-0.2, 0) is 15.9 Å². The minimum atomic E-state index is -3.33. The van der Waals surface area contributed by atoms with Gasteiger partial charge in [0.15, 0.2) is 0 Å². The van der Waals surface area contributed by atoms with Crippen molar-refractivity contribution in [2.45, 2.75) is 30.5 Å². The van der Waals surface area contributed by atoms with Gasteiger partial charge in [-0.15, -0.1) is 11.6 Å². The van der Waals surface area contributed by atoms with Crippen molar-refractivity contribution in [3.63, 3.8) is 0 Å². The number of benzene rings is 1. The van der Waals surface area contributed by atoms with Gasteiger partial charge in [0.05, 0.1) is 4.90 Å². The lowest BCUT2D eigenvalue weighted by atomic mass is 10.0. The first-order chi connectivity index (χ1) is 8.54. The summed E-state index contributed by atoms with van der Waals surface area (Å²) in [5.41, 5.74) is 0.933. The van der Waals surface area contributed by atoms with E-state index in [-0.39, 0.29) is 0 Å². The number of sulfonamides is 1. The molecule has 1 unspecified atom stereocenters. The van der Waals surface area contributed by atoms with Crippen LogP contribution in [0.4, 0.5) is 0 Å². The molecule has 0 spiro atoms. The Bertz CT molecular complexity index is 498. The van der Waals surface area contributed by atoms with Crippen LogP contribution in [0, 0.1) is 5.92 Å². The highest BCUT2D eigenvalue weighted by molar-refractivity contribution is 7.89. The van der Waals surface area contributed by atoms with Gasteiger partial charge in [0.2, 0.25) is 10.0 Å². The van der Waals surface area contributed by atoms with Gasteiger partial charge in [0.25, 0.3) is 0 Å². The van der Waals surface area contributed by atoms with Crippen LogP contribution in [0.5, 0.6) is 0 Å². The van der Waals surface area contributed by atoms with Crippen LogP contribution in [0.3, 0.4) is 0 Å². The molecule has 1 saturated heterocycles. The molecule has 1 heterocycles. The van der Waals surface area contributed by atoms with Crippen LogP contribution in [0.15, 0.2) is 29.2 Å². The van der Waals surface area contributed by atoms with E-state index < -0.39 is 10.0 Å². The lowest BCUT2D eigenvalue weighted by molar-refractivity contribution is 0.281. The molecule has 1 aromatic carbocycles. The third kappa shape index (κ3) is 2.87. The first kappa shape index (κ1) is 13.8. The fourth-order valence-electron chi connectivity index (χ4n) is 2.26. The van der Waals surface area contributed by atoms with E-state index in [1.165, 1.54) is 0 Å². The van der Waals surface area contributed by atoms with Gasteiger partial charge in [-0.25, -0.2) is 8.42 Å². The summed E-state index contributed by atoms with van der Waals surface area (Å²) in [6.45, 7) is 3.35. The van der Waals surface area contributed by atoms with E-state index in [9.17, 15) is 8.42 Å². The van der Waals surface area contributed by atoms with Gasteiger partial charge in [0, 0.05) is 19.0 Å². The average molecular weight is 288 g/mol. The number of nitrogens with zero attached hydrogens (tertiary/aromatic N) is 1. The fraction of sp³-hybridized carbons (Fsp3) is 0.538. The van der Waals surface area contributed by atoms with Crippen molar-refractivity contribution in [1.82, 2.24) is 4.31 Å². The van der Waals surface area contributed by atoms with Crippen LogP contribution in [0.2, 0.25) is 0 Å². The van der Waals surface area contributed by atoms with E-state index in [1.807, 2.05) is 0 Å². The predicted molar refractivity (Wildman–Crippen MR) is 73.2 cm³/mol. The number of hydrogen-bond donors (Lipinski definition) is 0. The van der Waals surface area contributed by atoms with Gasteiger partial charge < -0.3 is 0 Å².